The Morgan fingerprint density at radius 1 is 1.15 bits per heavy atom. The van der Waals surface area contributed by atoms with Crippen LogP contribution in [0.25, 0.3) is 0 Å². The number of carbonyl (C=O) groups is 1. The fraction of sp³-hybridized carbons (Fsp3) is 0.500. The third-order valence-corrected chi connectivity index (χ3v) is 9.52. The van der Waals surface area contributed by atoms with Crippen molar-refractivity contribution in [2.75, 3.05) is 31.2 Å². The van der Waals surface area contributed by atoms with Crippen LogP contribution in [0.3, 0.4) is 0 Å². The summed E-state index contributed by atoms with van der Waals surface area (Å²) in [6, 6.07) is 10.8. The van der Waals surface area contributed by atoms with Gasteiger partial charge in [0.1, 0.15) is 12.2 Å². The summed E-state index contributed by atoms with van der Waals surface area (Å²) < 4.78 is 50.1. The number of halogens is 3. The van der Waals surface area contributed by atoms with Gasteiger partial charge in [-0.05, 0) is 67.1 Å². The lowest BCUT2D eigenvalue weighted by molar-refractivity contribution is -0.138. The number of likely N-dealkylation sites (tertiary alicyclic amines) is 1. The number of aromatic nitrogens is 3. The van der Waals surface area contributed by atoms with Crippen LogP contribution in [0.15, 0.2) is 42.7 Å². The molecule has 1 N–H and O–H groups in total. The van der Waals surface area contributed by atoms with E-state index in [9.17, 15) is 18.0 Å². The molecule has 2 aromatic carbocycles. The van der Waals surface area contributed by atoms with Crippen molar-refractivity contribution in [3.63, 3.8) is 0 Å². The van der Waals surface area contributed by atoms with E-state index in [0.717, 1.165) is 43.7 Å². The molecule has 3 aromatic rings. The number of nitrogens with zero attached hydrogens (tertiary/aromatic N) is 5. The van der Waals surface area contributed by atoms with Crippen molar-refractivity contribution in [3.8, 4) is 0 Å². The van der Waals surface area contributed by atoms with Crippen molar-refractivity contribution in [1.82, 2.24) is 25.0 Å². The van der Waals surface area contributed by atoms with Gasteiger partial charge in [0, 0.05) is 43.5 Å². The quantitative estimate of drug-likeness (QED) is 0.466. The van der Waals surface area contributed by atoms with Crippen LogP contribution in [0.5, 0.6) is 0 Å². The zero-order chi connectivity index (χ0) is 28.6. The second-order valence-electron chi connectivity index (χ2n) is 12.3. The Bertz CT molecular complexity index is 1500. The third-order valence-electron chi connectivity index (χ3n) is 9.52. The van der Waals surface area contributed by atoms with Crippen molar-refractivity contribution in [3.05, 3.63) is 76.4 Å². The number of ether oxygens (including phenoxy) is 1. The Morgan fingerprint density at radius 2 is 1.93 bits per heavy atom. The number of alkyl halides is 3. The van der Waals surface area contributed by atoms with Gasteiger partial charge in [0.25, 0.3) is 5.91 Å². The van der Waals surface area contributed by atoms with Gasteiger partial charge >= 0.3 is 6.18 Å². The standard InChI is InChI=1S/C30H33F3N6O2/c1-28(7-4-8-28)34-12-19-9-23-24(25(10-19)30(31,32)33)13-39(26(23)40)21-6-3-5-20(11-21)29(27-36-35-18-37(27)2)16-38(17-29)22-14-41-15-22/h3,5-6,9-11,18,22,34H,4,7-8,12-17H2,1-2H3. The highest BCUT2D eigenvalue weighted by molar-refractivity contribution is 6.10. The van der Waals surface area contributed by atoms with Gasteiger partial charge < -0.3 is 19.5 Å². The Kier molecular flexibility index (Phi) is 6.08. The Labute approximate surface area is 236 Å². The summed E-state index contributed by atoms with van der Waals surface area (Å²) in [6.07, 6.45) is 0.213. The number of carbonyl (C=O) groups excluding carboxylic acids is 1. The Hall–Kier alpha value is -3.28. The van der Waals surface area contributed by atoms with E-state index in [1.165, 1.54) is 11.0 Å². The molecule has 7 rings (SSSR count). The monoisotopic (exact) mass is 566 g/mol. The highest BCUT2D eigenvalue weighted by Crippen LogP contribution is 2.44. The average Bonchev–Trinajstić information content (AvgIpc) is 3.44. The van der Waals surface area contributed by atoms with E-state index < -0.39 is 23.1 Å². The molecule has 1 aliphatic carbocycles. The second-order valence-corrected chi connectivity index (χ2v) is 12.3. The lowest BCUT2D eigenvalue weighted by Gasteiger charge is -2.54. The molecule has 0 bridgehead atoms. The minimum atomic E-state index is -4.56. The number of hydrogen-bond acceptors (Lipinski definition) is 6. The van der Waals surface area contributed by atoms with E-state index >= 15 is 0 Å². The van der Waals surface area contributed by atoms with E-state index in [1.807, 2.05) is 29.8 Å². The molecule has 3 aliphatic heterocycles. The minimum Gasteiger partial charge on any atom is -0.378 e. The summed E-state index contributed by atoms with van der Waals surface area (Å²) in [7, 11) is 1.91. The first-order valence-corrected chi connectivity index (χ1v) is 14.1. The van der Waals surface area contributed by atoms with Gasteiger partial charge in [-0.25, -0.2) is 0 Å². The fourth-order valence-corrected chi connectivity index (χ4v) is 6.71. The zero-order valence-corrected chi connectivity index (χ0v) is 23.2. The molecule has 3 fully saturated rings. The molecule has 1 amide bonds. The Balaban J connectivity index is 1.21. The van der Waals surface area contributed by atoms with Gasteiger partial charge in [-0.3, -0.25) is 9.69 Å². The van der Waals surface area contributed by atoms with Crippen LogP contribution in [0, 0.1) is 0 Å². The highest BCUT2D eigenvalue weighted by atomic mass is 19.4. The predicted molar refractivity (Wildman–Crippen MR) is 145 cm³/mol. The van der Waals surface area contributed by atoms with Crippen LogP contribution < -0.4 is 10.2 Å². The molecule has 0 unspecified atom stereocenters. The van der Waals surface area contributed by atoms with Gasteiger partial charge in [0.15, 0.2) is 0 Å². The summed E-state index contributed by atoms with van der Waals surface area (Å²) in [4.78, 5) is 17.5. The molecular formula is C30H33F3N6O2. The number of nitrogens with one attached hydrogen (secondary N) is 1. The lowest BCUT2D eigenvalue weighted by Crippen LogP contribution is -2.67. The van der Waals surface area contributed by atoms with Crippen molar-refractivity contribution in [2.24, 2.45) is 7.05 Å². The highest BCUT2D eigenvalue weighted by Gasteiger charge is 2.52. The molecule has 0 radical (unpaired) electrons. The fourth-order valence-electron chi connectivity index (χ4n) is 6.71. The third kappa shape index (κ3) is 4.36. The van der Waals surface area contributed by atoms with Crippen molar-refractivity contribution in [2.45, 2.75) is 62.4 Å². The number of amides is 1. The first-order chi connectivity index (χ1) is 19.6. The van der Waals surface area contributed by atoms with E-state index in [0.29, 0.717) is 37.1 Å². The second kappa shape index (κ2) is 9.37. The molecular weight excluding hydrogens is 533 g/mol. The number of fused-ring (bicyclic) bond motifs is 1. The molecule has 8 nitrogen and oxygen atoms in total. The molecule has 216 valence electrons. The van der Waals surface area contributed by atoms with Gasteiger partial charge in [-0.1, -0.05) is 12.1 Å². The number of hydrogen-bond donors (Lipinski definition) is 1. The van der Waals surface area contributed by atoms with E-state index in [2.05, 4.69) is 27.3 Å². The first kappa shape index (κ1) is 26.6. The van der Waals surface area contributed by atoms with Crippen LogP contribution >= 0.6 is 0 Å². The molecule has 0 atom stereocenters. The normalized spacial score (nSPS) is 21.8. The molecule has 1 saturated carbocycles. The van der Waals surface area contributed by atoms with Gasteiger partial charge in [0.2, 0.25) is 0 Å². The number of benzene rings is 2. The molecule has 4 heterocycles. The molecule has 1 aromatic heterocycles. The van der Waals surface area contributed by atoms with Crippen molar-refractivity contribution < 1.29 is 22.7 Å². The van der Waals surface area contributed by atoms with Gasteiger partial charge in [-0.2, -0.15) is 13.2 Å². The van der Waals surface area contributed by atoms with E-state index in [1.54, 1.807) is 18.5 Å². The summed E-state index contributed by atoms with van der Waals surface area (Å²) in [6.45, 7) is 5.10. The summed E-state index contributed by atoms with van der Waals surface area (Å²) >= 11 is 0. The smallest absolute Gasteiger partial charge is 0.378 e. The van der Waals surface area contributed by atoms with Crippen LogP contribution in [0.4, 0.5) is 18.9 Å². The van der Waals surface area contributed by atoms with Crippen LogP contribution in [-0.2, 0) is 36.5 Å². The molecule has 41 heavy (non-hydrogen) atoms. The zero-order valence-electron chi connectivity index (χ0n) is 23.2. The maximum Gasteiger partial charge on any atom is 0.416 e. The van der Waals surface area contributed by atoms with Gasteiger partial charge in [0.05, 0.1) is 36.8 Å². The summed E-state index contributed by atoms with van der Waals surface area (Å²) in [5.41, 5.74) is 0.939. The topological polar surface area (TPSA) is 75.5 Å². The molecule has 4 aliphatic rings. The average molecular weight is 567 g/mol. The van der Waals surface area contributed by atoms with Crippen molar-refractivity contribution in [1.29, 1.82) is 0 Å². The van der Waals surface area contributed by atoms with E-state index in [-0.39, 0.29) is 23.2 Å². The summed E-state index contributed by atoms with van der Waals surface area (Å²) in [5.74, 6) is 0.410. The predicted octanol–water partition coefficient (Wildman–Crippen LogP) is 4.03. The SMILES string of the molecule is Cn1cnnc1C1(c2cccc(N3Cc4c(cc(CNC5(C)CCC5)cc4C(F)(F)F)C3=O)c2)CN(C2COC2)C1. The maximum absolute atomic E-state index is 14.3. The van der Waals surface area contributed by atoms with Crippen LogP contribution in [-0.4, -0.2) is 63.5 Å². The van der Waals surface area contributed by atoms with Crippen LogP contribution in [0.1, 0.15) is 64.6 Å². The Morgan fingerprint density at radius 3 is 2.54 bits per heavy atom. The number of rotatable bonds is 7. The van der Waals surface area contributed by atoms with E-state index in [4.69, 9.17) is 4.74 Å². The first-order valence-electron chi connectivity index (χ1n) is 14.1. The van der Waals surface area contributed by atoms with Crippen LogP contribution in [0.2, 0.25) is 0 Å². The number of anilines is 1. The van der Waals surface area contributed by atoms with Crippen molar-refractivity contribution >= 4 is 11.6 Å². The molecule has 11 heteroatoms. The number of aryl methyl sites for hydroxylation is 1. The largest absolute Gasteiger partial charge is 0.416 e. The lowest BCUT2D eigenvalue weighted by atomic mass is 9.71. The molecule has 2 saturated heterocycles. The van der Waals surface area contributed by atoms with Gasteiger partial charge in [-0.15, -0.1) is 10.2 Å². The molecule has 0 spiro atoms. The minimum absolute atomic E-state index is 0.0364. The maximum atomic E-state index is 14.3. The summed E-state index contributed by atoms with van der Waals surface area (Å²) in [5, 5.41) is 11.9.